The Morgan fingerprint density at radius 3 is 0.863 bits per heavy atom. The van der Waals surface area contributed by atoms with Crippen molar-refractivity contribution in [3.63, 3.8) is 0 Å². The van der Waals surface area contributed by atoms with Crippen LogP contribution in [0.1, 0.15) is 27.7 Å². The molecule has 0 saturated carbocycles. The van der Waals surface area contributed by atoms with Crippen LogP contribution in [0.15, 0.2) is 0 Å². The van der Waals surface area contributed by atoms with E-state index in [4.69, 9.17) is 9.05 Å². The Morgan fingerprint density at radius 1 is 0.392 bits per heavy atom. The molecule has 0 spiro atoms. The van der Waals surface area contributed by atoms with Crippen molar-refractivity contribution in [1.29, 1.82) is 0 Å². The van der Waals surface area contributed by atoms with E-state index in [0.717, 1.165) is 0 Å². The third-order valence-corrected chi connectivity index (χ3v) is 12.9. The SMILES string of the molecule is CCOP(=O)([O-])OCC(COP(=O)([O-])OCC)OP(=O)([O-])CC(CP(=O)([O-])OC(COP(=O)([O-])OCC)COP(=O)([O-])OCC)OP(=O)([O-])OC. The van der Waals surface area contributed by atoms with Crippen LogP contribution >= 0.6 is 54.3 Å². The lowest BCUT2D eigenvalue weighted by atomic mass is 10.4. The lowest BCUT2D eigenvalue weighted by Gasteiger charge is -2.37. The van der Waals surface area contributed by atoms with Crippen LogP contribution in [-0.4, -0.2) is 90.6 Å². The zero-order chi connectivity index (χ0) is 39.8. The molecule has 0 aromatic rings. The van der Waals surface area contributed by atoms with Crippen LogP contribution in [0.25, 0.3) is 0 Å². The summed E-state index contributed by atoms with van der Waals surface area (Å²) < 4.78 is 138. The summed E-state index contributed by atoms with van der Waals surface area (Å²) in [6.45, 7) is -1.90. The van der Waals surface area contributed by atoms with E-state index in [1.807, 2.05) is 0 Å². The number of hydrogen-bond acceptors (Lipinski definition) is 26. The van der Waals surface area contributed by atoms with E-state index in [1.165, 1.54) is 27.7 Å². The maximum absolute atomic E-state index is 13.0. The molecule has 0 aromatic carbocycles. The largest absolute Gasteiger partial charge is 0.778 e. The Morgan fingerprint density at radius 2 is 0.647 bits per heavy atom. The molecule has 0 aliphatic heterocycles. The molecule has 7 unspecified atom stereocenters. The van der Waals surface area contributed by atoms with Gasteiger partial charge in [0.15, 0.2) is 0 Å². The molecule has 0 saturated heterocycles. The van der Waals surface area contributed by atoms with Crippen LogP contribution in [-0.2, 0) is 86.2 Å². The van der Waals surface area contributed by atoms with Crippen LogP contribution in [0, 0.1) is 0 Å². The summed E-state index contributed by atoms with van der Waals surface area (Å²) in [5.74, 6) is 0. The molecular weight excluding hydrogens is 849 g/mol. The Labute approximate surface area is 293 Å². The molecule has 0 bridgehead atoms. The molecular formula is C18H38O26P7-7. The summed E-state index contributed by atoms with van der Waals surface area (Å²) in [6, 6.07) is 0. The molecule has 0 N–H and O–H groups in total. The molecule has 308 valence electrons. The van der Waals surface area contributed by atoms with Gasteiger partial charge in [0.1, 0.15) is 27.4 Å². The number of hydrogen-bond donors (Lipinski definition) is 0. The average Bonchev–Trinajstić information content (AvgIpc) is 2.95. The van der Waals surface area contributed by atoms with Crippen molar-refractivity contribution >= 4 is 54.3 Å². The van der Waals surface area contributed by atoms with Gasteiger partial charge in [-0.15, -0.1) is 0 Å². The Hall–Kier alpha value is 0.850. The van der Waals surface area contributed by atoms with Crippen LogP contribution in [0.2, 0.25) is 0 Å². The number of rotatable bonds is 31. The summed E-state index contributed by atoms with van der Waals surface area (Å²) in [5.41, 5.74) is 0. The zero-order valence-corrected chi connectivity index (χ0v) is 33.8. The maximum Gasteiger partial charge on any atom is 0.267 e. The second-order valence-corrected chi connectivity index (χ2v) is 19.8. The van der Waals surface area contributed by atoms with Gasteiger partial charge in [-0.1, -0.05) is 0 Å². The van der Waals surface area contributed by atoms with Gasteiger partial charge in [-0.3, -0.25) is 22.8 Å². The summed E-state index contributed by atoms with van der Waals surface area (Å²) in [6.07, 6.45) is -10.3. The standard InChI is InChI=1S/C18H45O26P7/c1-6-34-48(25,26)38-10-16(11-39-49(27,28)35-7-2)42-45(19,20)14-18(44-47(23,24)33-5)15-46(21,22)43-17(12-40-50(29,30)36-8-3)13-41-51(31,32)37-9-4/h16-18H,6-15H2,1-5H3,(H,19,20)(H,21,22)(H,23,24)(H,25,26)(H,27,28)(H,29,30)(H,31,32)/p-7. The summed E-state index contributed by atoms with van der Waals surface area (Å²) in [4.78, 5) is 85.2. The lowest BCUT2D eigenvalue weighted by Crippen LogP contribution is -2.35. The fourth-order valence-corrected chi connectivity index (χ4v) is 9.81. The fraction of sp³-hybridized carbons (Fsp3) is 1.00. The van der Waals surface area contributed by atoms with E-state index >= 15 is 0 Å². The van der Waals surface area contributed by atoms with E-state index in [1.54, 1.807) is 0 Å². The minimum Gasteiger partial charge on any atom is -0.778 e. The van der Waals surface area contributed by atoms with Crippen molar-refractivity contribution in [3.05, 3.63) is 0 Å². The van der Waals surface area contributed by atoms with Gasteiger partial charge in [0.05, 0.1) is 59.0 Å². The van der Waals surface area contributed by atoms with Gasteiger partial charge < -0.3 is 97.7 Å². The molecule has 33 heteroatoms. The first-order valence-electron chi connectivity index (χ1n) is 14.1. The van der Waals surface area contributed by atoms with Crippen molar-refractivity contribution in [2.75, 3.05) is 72.3 Å². The molecule has 0 rings (SSSR count). The van der Waals surface area contributed by atoms with Crippen LogP contribution in [0.4, 0.5) is 0 Å². The topological polar surface area (TPSA) is 392 Å². The molecule has 0 aliphatic carbocycles. The van der Waals surface area contributed by atoms with Crippen molar-refractivity contribution in [2.45, 2.75) is 46.0 Å². The highest BCUT2D eigenvalue weighted by atomic mass is 31.2. The maximum atomic E-state index is 13.0. The molecule has 0 aliphatic rings. The Balaban J connectivity index is 6.30. The van der Waals surface area contributed by atoms with Gasteiger partial charge in [0.2, 0.25) is 0 Å². The van der Waals surface area contributed by atoms with Gasteiger partial charge in [-0.2, -0.15) is 0 Å². The molecule has 26 nitrogen and oxygen atoms in total. The molecule has 0 heterocycles. The van der Waals surface area contributed by atoms with E-state index in [0.29, 0.717) is 7.11 Å². The van der Waals surface area contributed by atoms with Crippen LogP contribution in [0.3, 0.4) is 0 Å². The third kappa shape index (κ3) is 25.6. The van der Waals surface area contributed by atoms with Crippen molar-refractivity contribution in [1.82, 2.24) is 0 Å². The van der Waals surface area contributed by atoms with Gasteiger partial charge in [-0.05, 0) is 27.7 Å². The molecule has 7 atom stereocenters. The highest BCUT2D eigenvalue weighted by Crippen LogP contribution is 2.51. The second-order valence-electron chi connectivity index (χ2n) is 9.04. The molecule has 0 fully saturated rings. The Bertz CT molecular complexity index is 1230. The minimum absolute atomic E-state index is 0.432. The van der Waals surface area contributed by atoms with E-state index in [-0.39, 0.29) is 0 Å². The quantitative estimate of drug-likeness (QED) is 0.0711. The highest BCUT2D eigenvalue weighted by Gasteiger charge is 2.32. The van der Waals surface area contributed by atoms with E-state index in [9.17, 15) is 66.2 Å². The van der Waals surface area contributed by atoms with E-state index < -0.39 is 138 Å². The van der Waals surface area contributed by atoms with Gasteiger partial charge in [0, 0.05) is 19.4 Å². The first kappa shape index (κ1) is 51.9. The monoisotopic (exact) mass is 887 g/mol. The number of phosphoric ester groups is 5. The summed E-state index contributed by atoms with van der Waals surface area (Å²) in [7, 11) is -36.7. The molecule has 51 heavy (non-hydrogen) atoms. The van der Waals surface area contributed by atoms with Crippen molar-refractivity contribution < 1.29 is 120 Å². The first-order chi connectivity index (χ1) is 23.2. The zero-order valence-electron chi connectivity index (χ0n) is 27.5. The normalized spacial score (nSPS) is 22.5. The predicted octanol–water partition coefficient (Wildman–Crippen LogP) is -1.55. The first-order valence-corrected chi connectivity index (χ1v) is 24.8. The van der Waals surface area contributed by atoms with E-state index in [2.05, 4.69) is 45.2 Å². The fourth-order valence-electron chi connectivity index (χ4n) is 3.09. The van der Waals surface area contributed by atoms with Gasteiger partial charge in [-0.25, -0.2) is 0 Å². The second kappa shape index (κ2) is 23.2. The highest BCUT2D eigenvalue weighted by molar-refractivity contribution is 7.53. The van der Waals surface area contributed by atoms with Gasteiger partial charge >= 0.3 is 0 Å². The molecule has 0 aromatic heterocycles. The van der Waals surface area contributed by atoms with Crippen LogP contribution in [0.5, 0.6) is 0 Å². The van der Waals surface area contributed by atoms with Crippen molar-refractivity contribution in [3.8, 4) is 0 Å². The van der Waals surface area contributed by atoms with Crippen LogP contribution < -0.4 is 34.3 Å². The smallest absolute Gasteiger partial charge is 0.267 e. The molecule has 0 amide bonds. The third-order valence-electron chi connectivity index (χ3n) is 4.80. The lowest BCUT2D eigenvalue weighted by molar-refractivity contribution is -0.237. The molecule has 0 radical (unpaired) electrons. The minimum atomic E-state index is -5.67. The predicted molar refractivity (Wildman–Crippen MR) is 155 cm³/mol. The average molecular weight is 887 g/mol. The number of phosphoric acid groups is 5. The van der Waals surface area contributed by atoms with Crippen molar-refractivity contribution in [2.24, 2.45) is 0 Å². The van der Waals surface area contributed by atoms with Gasteiger partial charge in [0.25, 0.3) is 39.1 Å². The Kier molecular flexibility index (Phi) is 23.6. The summed E-state index contributed by atoms with van der Waals surface area (Å²) in [5, 5.41) is 0. The summed E-state index contributed by atoms with van der Waals surface area (Å²) >= 11 is 0.